The third kappa shape index (κ3) is 4.96. The van der Waals surface area contributed by atoms with Crippen LogP contribution in [0.15, 0.2) is 54.6 Å². The molecule has 2 aromatic rings. The molecular formula is C24H34ClN3. The Morgan fingerprint density at radius 3 is 2.21 bits per heavy atom. The van der Waals surface area contributed by atoms with Crippen molar-refractivity contribution in [3.05, 3.63) is 70.7 Å². The van der Waals surface area contributed by atoms with Crippen LogP contribution < -0.4 is 0 Å². The molecule has 0 amide bonds. The summed E-state index contributed by atoms with van der Waals surface area (Å²) in [5.74, 6) is 0. The largest absolute Gasteiger partial charge is 0.297 e. The molecule has 1 aliphatic heterocycles. The van der Waals surface area contributed by atoms with Gasteiger partial charge in [-0.1, -0.05) is 74.8 Å². The van der Waals surface area contributed by atoms with Crippen molar-refractivity contribution in [3.8, 4) is 0 Å². The quantitative estimate of drug-likeness (QED) is 0.598. The number of hydrogen-bond acceptors (Lipinski definition) is 3. The first-order valence-electron chi connectivity index (χ1n) is 10.7. The zero-order valence-corrected chi connectivity index (χ0v) is 18.3. The van der Waals surface area contributed by atoms with Crippen LogP contribution in [0.5, 0.6) is 0 Å². The smallest absolute Gasteiger partial charge is 0.0651 e. The summed E-state index contributed by atoms with van der Waals surface area (Å²) in [7, 11) is 0. The van der Waals surface area contributed by atoms with E-state index in [1.165, 1.54) is 11.1 Å². The van der Waals surface area contributed by atoms with E-state index in [2.05, 4.69) is 78.2 Å². The van der Waals surface area contributed by atoms with Gasteiger partial charge in [-0.15, -0.1) is 0 Å². The van der Waals surface area contributed by atoms with Crippen LogP contribution in [0, 0.1) is 0 Å². The average molecular weight is 400 g/mol. The first kappa shape index (κ1) is 21.3. The Kier molecular flexibility index (Phi) is 7.92. The molecule has 0 saturated carbocycles. The van der Waals surface area contributed by atoms with Gasteiger partial charge in [0.05, 0.1) is 6.04 Å². The van der Waals surface area contributed by atoms with Gasteiger partial charge in [0, 0.05) is 43.8 Å². The Labute approximate surface area is 175 Å². The van der Waals surface area contributed by atoms with Crippen LogP contribution in [0.1, 0.15) is 44.4 Å². The van der Waals surface area contributed by atoms with E-state index in [-0.39, 0.29) is 0 Å². The highest BCUT2D eigenvalue weighted by molar-refractivity contribution is 6.30. The van der Waals surface area contributed by atoms with Crippen LogP contribution in [0.3, 0.4) is 0 Å². The van der Waals surface area contributed by atoms with Crippen LogP contribution in [-0.4, -0.2) is 53.7 Å². The van der Waals surface area contributed by atoms with Gasteiger partial charge in [-0.3, -0.25) is 4.90 Å². The van der Waals surface area contributed by atoms with Crippen molar-refractivity contribution in [1.29, 1.82) is 0 Å². The van der Waals surface area contributed by atoms with Gasteiger partial charge in [0.1, 0.15) is 0 Å². The van der Waals surface area contributed by atoms with Crippen molar-refractivity contribution < 1.29 is 0 Å². The topological polar surface area (TPSA) is 9.72 Å². The second kappa shape index (κ2) is 10.4. The van der Waals surface area contributed by atoms with Gasteiger partial charge >= 0.3 is 0 Å². The van der Waals surface area contributed by atoms with Gasteiger partial charge < -0.3 is 0 Å². The van der Waals surface area contributed by atoms with Crippen LogP contribution in [0.2, 0.25) is 5.02 Å². The molecule has 0 aliphatic carbocycles. The molecule has 1 heterocycles. The number of rotatable bonds is 8. The van der Waals surface area contributed by atoms with E-state index in [1.807, 2.05) is 12.1 Å². The summed E-state index contributed by atoms with van der Waals surface area (Å²) < 4.78 is 0. The Balaban J connectivity index is 1.81. The summed E-state index contributed by atoms with van der Waals surface area (Å²) >= 11 is 6.05. The lowest BCUT2D eigenvalue weighted by Gasteiger charge is -2.51. The normalized spacial score (nSPS) is 21.3. The second-order valence-corrected chi connectivity index (χ2v) is 7.98. The van der Waals surface area contributed by atoms with Crippen molar-refractivity contribution >= 4 is 11.6 Å². The molecule has 0 aromatic heterocycles. The fraction of sp³-hybridized carbons (Fsp3) is 0.500. The summed E-state index contributed by atoms with van der Waals surface area (Å²) in [5, 5.41) is 5.95. The summed E-state index contributed by atoms with van der Waals surface area (Å²) in [6.07, 6.45) is 2.22. The Hall–Kier alpha value is -1.39. The van der Waals surface area contributed by atoms with Crippen LogP contribution in [0.25, 0.3) is 0 Å². The summed E-state index contributed by atoms with van der Waals surface area (Å²) in [4.78, 5) is 2.70. The SMILES string of the molecule is CCC1C(c2ccccc2)N(N(CC)CC)CCN1CCc1ccc(Cl)cc1. The number of piperazine rings is 1. The van der Waals surface area contributed by atoms with Crippen LogP contribution >= 0.6 is 11.6 Å². The molecule has 0 bridgehead atoms. The maximum absolute atomic E-state index is 6.05. The van der Waals surface area contributed by atoms with E-state index in [9.17, 15) is 0 Å². The molecule has 0 spiro atoms. The van der Waals surface area contributed by atoms with Gasteiger partial charge in [0.25, 0.3) is 0 Å². The lowest BCUT2D eigenvalue weighted by atomic mass is 9.92. The first-order valence-corrected chi connectivity index (χ1v) is 11.1. The molecule has 4 heteroatoms. The van der Waals surface area contributed by atoms with Gasteiger partial charge in [-0.2, -0.15) is 0 Å². The number of hydrogen-bond donors (Lipinski definition) is 0. The predicted octanol–water partition coefficient (Wildman–Crippen LogP) is 5.28. The lowest BCUT2D eigenvalue weighted by molar-refractivity contribution is -0.117. The predicted molar refractivity (Wildman–Crippen MR) is 120 cm³/mol. The molecule has 3 nitrogen and oxygen atoms in total. The molecule has 1 saturated heterocycles. The fourth-order valence-electron chi connectivity index (χ4n) is 4.57. The average Bonchev–Trinajstić information content (AvgIpc) is 2.74. The standard InChI is InChI=1S/C24H34ClN3/c1-4-23-24(21-10-8-7-9-11-21)28(27(5-2)6-3)19-18-26(23)17-16-20-12-14-22(25)15-13-20/h7-15,23-24H,4-6,16-19H2,1-3H3. The molecule has 0 radical (unpaired) electrons. The highest BCUT2D eigenvalue weighted by Crippen LogP contribution is 2.34. The fourth-order valence-corrected chi connectivity index (χ4v) is 4.69. The third-order valence-corrected chi connectivity index (χ3v) is 6.28. The molecular weight excluding hydrogens is 366 g/mol. The van der Waals surface area contributed by atoms with E-state index >= 15 is 0 Å². The van der Waals surface area contributed by atoms with E-state index in [1.54, 1.807) is 0 Å². The van der Waals surface area contributed by atoms with Gasteiger partial charge in [0.15, 0.2) is 0 Å². The van der Waals surface area contributed by atoms with E-state index in [4.69, 9.17) is 11.6 Å². The Morgan fingerprint density at radius 1 is 0.929 bits per heavy atom. The van der Waals surface area contributed by atoms with Crippen molar-refractivity contribution in [2.24, 2.45) is 0 Å². The molecule has 3 rings (SSSR count). The maximum Gasteiger partial charge on any atom is 0.0651 e. The number of halogens is 1. The van der Waals surface area contributed by atoms with E-state index in [0.29, 0.717) is 12.1 Å². The molecule has 2 aromatic carbocycles. The number of nitrogens with zero attached hydrogens (tertiary/aromatic N) is 3. The summed E-state index contributed by atoms with van der Waals surface area (Å²) in [6.45, 7) is 12.3. The number of hydrazine groups is 1. The molecule has 2 atom stereocenters. The Morgan fingerprint density at radius 2 is 1.61 bits per heavy atom. The highest BCUT2D eigenvalue weighted by atomic mass is 35.5. The molecule has 28 heavy (non-hydrogen) atoms. The van der Waals surface area contributed by atoms with Crippen molar-refractivity contribution in [2.75, 3.05) is 32.7 Å². The van der Waals surface area contributed by atoms with Crippen LogP contribution in [-0.2, 0) is 6.42 Å². The minimum absolute atomic E-state index is 0.407. The molecule has 1 fully saturated rings. The van der Waals surface area contributed by atoms with Gasteiger partial charge in [0.2, 0.25) is 0 Å². The minimum atomic E-state index is 0.407. The molecule has 1 aliphatic rings. The zero-order chi connectivity index (χ0) is 19.9. The Bertz CT molecular complexity index is 700. The maximum atomic E-state index is 6.05. The van der Waals surface area contributed by atoms with Crippen molar-refractivity contribution in [2.45, 2.75) is 45.7 Å². The van der Waals surface area contributed by atoms with E-state index < -0.39 is 0 Å². The summed E-state index contributed by atoms with van der Waals surface area (Å²) in [6, 6.07) is 20.3. The van der Waals surface area contributed by atoms with Gasteiger partial charge in [-0.25, -0.2) is 10.0 Å². The zero-order valence-electron chi connectivity index (χ0n) is 17.5. The lowest BCUT2D eigenvalue weighted by Crippen LogP contribution is -2.59. The molecule has 2 unspecified atom stereocenters. The molecule has 152 valence electrons. The first-order chi connectivity index (χ1) is 13.7. The van der Waals surface area contributed by atoms with Crippen molar-refractivity contribution in [3.63, 3.8) is 0 Å². The van der Waals surface area contributed by atoms with Crippen molar-refractivity contribution in [1.82, 2.24) is 14.9 Å². The second-order valence-electron chi connectivity index (χ2n) is 7.55. The van der Waals surface area contributed by atoms with E-state index in [0.717, 1.165) is 50.6 Å². The molecule has 0 N–H and O–H groups in total. The monoisotopic (exact) mass is 399 g/mol. The van der Waals surface area contributed by atoms with Crippen LogP contribution in [0.4, 0.5) is 0 Å². The number of benzene rings is 2. The summed E-state index contributed by atoms with van der Waals surface area (Å²) in [5.41, 5.74) is 2.79. The van der Waals surface area contributed by atoms with Gasteiger partial charge in [-0.05, 0) is 36.1 Å². The highest BCUT2D eigenvalue weighted by Gasteiger charge is 2.38. The minimum Gasteiger partial charge on any atom is -0.297 e. The third-order valence-electron chi connectivity index (χ3n) is 6.02.